The summed E-state index contributed by atoms with van der Waals surface area (Å²) >= 11 is 6.28. The first-order valence-electron chi connectivity index (χ1n) is 8.76. The van der Waals surface area contributed by atoms with Gasteiger partial charge in [0, 0.05) is 0 Å². The van der Waals surface area contributed by atoms with E-state index in [1.54, 1.807) is 42.5 Å². The van der Waals surface area contributed by atoms with Gasteiger partial charge in [-0.15, -0.1) is 0 Å². The first-order valence-corrected chi connectivity index (χ1v) is 9.14. The fraction of sp³-hybridized carbons (Fsp3) is 0.238. The van der Waals surface area contributed by atoms with Gasteiger partial charge in [0.1, 0.15) is 10.8 Å². The van der Waals surface area contributed by atoms with Gasteiger partial charge in [-0.05, 0) is 36.2 Å². The fourth-order valence-corrected chi connectivity index (χ4v) is 3.21. The maximum atomic E-state index is 13.1. The number of anilines is 1. The number of benzene rings is 2. The Hall–Kier alpha value is -2.99. The second-order valence-electron chi connectivity index (χ2n) is 6.02. The molecule has 1 aliphatic rings. The lowest BCUT2D eigenvalue weighted by molar-refractivity contribution is -0.119. The van der Waals surface area contributed by atoms with Crippen molar-refractivity contribution in [1.29, 1.82) is 0 Å². The van der Waals surface area contributed by atoms with E-state index >= 15 is 0 Å². The number of rotatable bonds is 7. The van der Waals surface area contributed by atoms with Crippen LogP contribution >= 0.6 is 11.6 Å². The average Bonchev–Trinajstić information content (AvgIpc) is 2.94. The number of amides is 2. The number of imide groups is 1. The molecule has 1 aliphatic heterocycles. The summed E-state index contributed by atoms with van der Waals surface area (Å²) in [6.45, 7) is 2.44. The van der Waals surface area contributed by atoms with Crippen LogP contribution in [0.1, 0.15) is 18.9 Å². The molecule has 1 heterocycles. The van der Waals surface area contributed by atoms with Crippen LogP contribution in [0.25, 0.3) is 5.57 Å². The van der Waals surface area contributed by atoms with E-state index in [0.717, 1.165) is 11.3 Å². The van der Waals surface area contributed by atoms with Gasteiger partial charge in [0.2, 0.25) is 0 Å². The molecular formula is C21H20ClNO5. The van der Waals surface area contributed by atoms with Crippen LogP contribution in [0.15, 0.2) is 47.5 Å². The number of nitrogens with zero attached hydrogens (tertiary/aromatic N) is 1. The zero-order valence-electron chi connectivity index (χ0n) is 15.8. The highest BCUT2D eigenvalue weighted by Crippen LogP contribution is 2.40. The third-order valence-corrected chi connectivity index (χ3v) is 4.62. The van der Waals surface area contributed by atoms with E-state index in [9.17, 15) is 9.59 Å². The van der Waals surface area contributed by atoms with Gasteiger partial charge in [0.05, 0.1) is 32.1 Å². The van der Waals surface area contributed by atoms with Gasteiger partial charge in [0.25, 0.3) is 11.8 Å². The third-order valence-electron chi connectivity index (χ3n) is 4.27. The van der Waals surface area contributed by atoms with Crippen molar-refractivity contribution in [3.05, 3.63) is 53.1 Å². The first kappa shape index (κ1) is 19.8. The fourth-order valence-electron chi connectivity index (χ4n) is 2.94. The van der Waals surface area contributed by atoms with Gasteiger partial charge in [-0.25, -0.2) is 4.90 Å². The summed E-state index contributed by atoms with van der Waals surface area (Å²) < 4.78 is 16.2. The van der Waals surface area contributed by atoms with Crippen LogP contribution < -0.4 is 19.1 Å². The van der Waals surface area contributed by atoms with Crippen LogP contribution in [0.3, 0.4) is 0 Å². The molecule has 0 spiro atoms. The molecule has 0 fully saturated rings. The van der Waals surface area contributed by atoms with Crippen LogP contribution in [-0.4, -0.2) is 32.6 Å². The summed E-state index contributed by atoms with van der Waals surface area (Å²) in [6.07, 6.45) is 0.798. The summed E-state index contributed by atoms with van der Waals surface area (Å²) in [5.74, 6) is 0.278. The van der Waals surface area contributed by atoms with Gasteiger partial charge in [-0.3, -0.25) is 9.59 Å². The van der Waals surface area contributed by atoms with E-state index in [0.29, 0.717) is 35.1 Å². The minimum absolute atomic E-state index is 0.109. The smallest absolute Gasteiger partial charge is 0.277 e. The molecule has 3 rings (SSSR count). The normalized spacial score (nSPS) is 13.9. The quantitative estimate of drug-likeness (QED) is 0.656. The lowest BCUT2D eigenvalue weighted by Gasteiger charge is -2.19. The molecule has 0 N–H and O–H groups in total. The minimum Gasteiger partial charge on any atom is -0.493 e. The molecule has 6 nitrogen and oxygen atoms in total. The number of methoxy groups -OCH3 is 2. The second kappa shape index (κ2) is 8.35. The van der Waals surface area contributed by atoms with Crippen molar-refractivity contribution in [2.45, 2.75) is 13.3 Å². The van der Waals surface area contributed by atoms with Crippen molar-refractivity contribution >= 4 is 34.7 Å². The molecule has 0 aromatic heterocycles. The Morgan fingerprint density at radius 3 is 2.32 bits per heavy atom. The monoisotopic (exact) mass is 401 g/mol. The van der Waals surface area contributed by atoms with Crippen LogP contribution in [-0.2, 0) is 9.59 Å². The van der Waals surface area contributed by atoms with E-state index in [1.807, 2.05) is 6.92 Å². The van der Waals surface area contributed by atoms with Gasteiger partial charge >= 0.3 is 0 Å². The van der Waals surface area contributed by atoms with Crippen molar-refractivity contribution in [2.24, 2.45) is 0 Å². The highest BCUT2D eigenvalue weighted by molar-refractivity contribution is 6.60. The SMILES string of the molecule is CCCOc1ccccc1N1C(=O)C(Cl)=C(c2ccc(OC)c(OC)c2)C1=O. The molecule has 0 atom stereocenters. The summed E-state index contributed by atoms with van der Waals surface area (Å²) in [5, 5.41) is -0.150. The molecule has 0 saturated carbocycles. The van der Waals surface area contributed by atoms with Crippen molar-refractivity contribution in [1.82, 2.24) is 0 Å². The topological polar surface area (TPSA) is 65.1 Å². The van der Waals surface area contributed by atoms with Crippen molar-refractivity contribution in [3.63, 3.8) is 0 Å². The van der Waals surface area contributed by atoms with E-state index < -0.39 is 11.8 Å². The number of carbonyl (C=O) groups excluding carboxylic acids is 2. The standard InChI is InChI=1S/C21H20ClNO5/c1-4-11-28-15-8-6-5-7-14(15)23-20(24)18(19(22)21(23)25)13-9-10-16(26-2)17(12-13)27-3/h5-10,12H,4,11H2,1-3H3. The summed E-state index contributed by atoms with van der Waals surface area (Å²) in [7, 11) is 3.01. The maximum Gasteiger partial charge on any atom is 0.277 e. The highest BCUT2D eigenvalue weighted by atomic mass is 35.5. The number of ether oxygens (including phenoxy) is 3. The van der Waals surface area contributed by atoms with Gasteiger partial charge in [-0.2, -0.15) is 0 Å². The van der Waals surface area contributed by atoms with Gasteiger partial charge < -0.3 is 14.2 Å². The third kappa shape index (κ3) is 3.43. The molecule has 2 aromatic carbocycles. The van der Waals surface area contributed by atoms with E-state index in [4.69, 9.17) is 25.8 Å². The average molecular weight is 402 g/mol. The Morgan fingerprint density at radius 2 is 1.64 bits per heavy atom. The number of hydrogen-bond donors (Lipinski definition) is 0. The van der Waals surface area contributed by atoms with Crippen molar-refractivity contribution < 1.29 is 23.8 Å². The lowest BCUT2D eigenvalue weighted by atomic mass is 10.1. The molecule has 0 saturated heterocycles. The second-order valence-corrected chi connectivity index (χ2v) is 6.40. The molecule has 7 heteroatoms. The van der Waals surface area contributed by atoms with E-state index in [1.165, 1.54) is 14.2 Å². The molecule has 0 bridgehead atoms. The Labute approximate surface area is 168 Å². The van der Waals surface area contributed by atoms with Crippen LogP contribution in [0.2, 0.25) is 0 Å². The Balaban J connectivity index is 2.02. The highest BCUT2D eigenvalue weighted by Gasteiger charge is 2.40. The number of halogens is 1. The molecule has 0 aliphatic carbocycles. The zero-order chi connectivity index (χ0) is 20.3. The molecule has 0 radical (unpaired) electrons. The number of para-hydroxylation sites is 2. The summed E-state index contributed by atoms with van der Waals surface area (Å²) in [4.78, 5) is 27.0. The molecule has 2 amide bonds. The van der Waals surface area contributed by atoms with Crippen molar-refractivity contribution in [3.8, 4) is 17.2 Å². The Morgan fingerprint density at radius 1 is 0.929 bits per heavy atom. The first-order chi connectivity index (χ1) is 13.5. The predicted octanol–water partition coefficient (Wildman–Crippen LogP) is 4.02. The lowest BCUT2D eigenvalue weighted by Crippen LogP contribution is -2.31. The van der Waals surface area contributed by atoms with Gasteiger partial charge in [-0.1, -0.05) is 36.7 Å². The molecule has 2 aromatic rings. The number of hydrogen-bond acceptors (Lipinski definition) is 5. The van der Waals surface area contributed by atoms with Crippen LogP contribution in [0, 0.1) is 0 Å². The van der Waals surface area contributed by atoms with E-state index in [2.05, 4.69) is 0 Å². The molecule has 28 heavy (non-hydrogen) atoms. The molecule has 0 unspecified atom stereocenters. The predicted molar refractivity (Wildman–Crippen MR) is 107 cm³/mol. The zero-order valence-corrected chi connectivity index (χ0v) is 16.6. The Bertz CT molecular complexity index is 954. The molecule has 146 valence electrons. The maximum absolute atomic E-state index is 13.1. The summed E-state index contributed by atoms with van der Waals surface area (Å²) in [6, 6.07) is 11.8. The van der Waals surface area contributed by atoms with E-state index in [-0.39, 0.29) is 10.6 Å². The van der Waals surface area contributed by atoms with Crippen molar-refractivity contribution in [2.75, 3.05) is 25.7 Å². The number of carbonyl (C=O) groups is 2. The largest absolute Gasteiger partial charge is 0.493 e. The molecular weight excluding hydrogens is 382 g/mol. The minimum atomic E-state index is -0.594. The summed E-state index contributed by atoms with van der Waals surface area (Å²) in [5.41, 5.74) is 0.938. The Kier molecular flexibility index (Phi) is 5.90. The van der Waals surface area contributed by atoms with Crippen LogP contribution in [0.4, 0.5) is 5.69 Å². The van der Waals surface area contributed by atoms with Gasteiger partial charge in [0.15, 0.2) is 11.5 Å². The van der Waals surface area contributed by atoms with Crippen LogP contribution in [0.5, 0.6) is 17.2 Å².